The number of rotatable bonds is 4. The number of halogens is 1. The van der Waals surface area contributed by atoms with Gasteiger partial charge in [0.1, 0.15) is 10.6 Å². The molecule has 1 amide bonds. The Morgan fingerprint density at radius 3 is 2.95 bits per heavy atom. The van der Waals surface area contributed by atoms with Gasteiger partial charge in [0.2, 0.25) is 0 Å². The van der Waals surface area contributed by atoms with E-state index < -0.39 is 0 Å². The number of nitrogens with one attached hydrogen (secondary N) is 1. The number of aryl methyl sites for hydroxylation is 1. The number of carbonyl (C=O) groups excluding carboxylic acids is 1. The number of carbonyl (C=O) groups is 1. The van der Waals surface area contributed by atoms with E-state index in [0.29, 0.717) is 22.2 Å². The van der Waals surface area contributed by atoms with Crippen LogP contribution in [0, 0.1) is 6.92 Å². The first-order valence-electron chi connectivity index (χ1n) is 5.62. The average Bonchev–Trinajstić information content (AvgIpc) is 2.82. The number of methoxy groups -OCH3 is 1. The molecule has 2 aromatic rings. The van der Waals surface area contributed by atoms with E-state index in [4.69, 9.17) is 16.3 Å². The Morgan fingerprint density at radius 1 is 1.53 bits per heavy atom. The van der Waals surface area contributed by atoms with Crippen molar-refractivity contribution in [3.63, 3.8) is 0 Å². The normalized spacial score (nSPS) is 10.3. The Morgan fingerprint density at radius 2 is 2.32 bits per heavy atom. The van der Waals surface area contributed by atoms with Crippen molar-refractivity contribution in [2.75, 3.05) is 7.11 Å². The van der Waals surface area contributed by atoms with E-state index in [1.807, 2.05) is 6.92 Å². The molecule has 0 radical (unpaired) electrons. The Bertz CT molecular complexity index is 598. The number of hydrogen-bond donors (Lipinski definition) is 1. The van der Waals surface area contributed by atoms with Crippen LogP contribution >= 0.6 is 22.9 Å². The molecule has 1 aromatic heterocycles. The quantitative estimate of drug-likeness (QED) is 0.943. The smallest absolute Gasteiger partial charge is 0.263 e. The first-order valence-corrected chi connectivity index (χ1v) is 6.88. The highest BCUT2D eigenvalue weighted by molar-refractivity contribution is 7.11. The SMILES string of the molecule is COc1ccc(Cl)cc1CNC(=O)c1scnc1C. The first kappa shape index (κ1) is 13.8. The van der Waals surface area contributed by atoms with Crippen LogP contribution < -0.4 is 10.1 Å². The third kappa shape index (κ3) is 3.24. The summed E-state index contributed by atoms with van der Waals surface area (Å²) in [6.07, 6.45) is 0. The summed E-state index contributed by atoms with van der Waals surface area (Å²) in [7, 11) is 1.59. The van der Waals surface area contributed by atoms with E-state index >= 15 is 0 Å². The van der Waals surface area contributed by atoms with E-state index in [1.165, 1.54) is 11.3 Å². The van der Waals surface area contributed by atoms with Gasteiger partial charge in [-0.05, 0) is 25.1 Å². The number of ether oxygens (including phenoxy) is 1. The van der Waals surface area contributed by atoms with Gasteiger partial charge in [0.25, 0.3) is 5.91 Å². The number of aromatic nitrogens is 1. The zero-order valence-electron chi connectivity index (χ0n) is 10.6. The van der Waals surface area contributed by atoms with Gasteiger partial charge < -0.3 is 10.1 Å². The van der Waals surface area contributed by atoms with Crippen molar-refractivity contribution in [3.05, 3.63) is 44.9 Å². The third-order valence-corrected chi connectivity index (χ3v) is 3.80. The summed E-state index contributed by atoms with van der Waals surface area (Å²) < 4.78 is 5.23. The topological polar surface area (TPSA) is 51.2 Å². The van der Waals surface area contributed by atoms with Crippen LogP contribution in [0.3, 0.4) is 0 Å². The molecule has 0 atom stereocenters. The van der Waals surface area contributed by atoms with Crippen molar-refractivity contribution in [3.8, 4) is 5.75 Å². The van der Waals surface area contributed by atoms with Gasteiger partial charge in [0.15, 0.2) is 0 Å². The largest absolute Gasteiger partial charge is 0.496 e. The summed E-state index contributed by atoms with van der Waals surface area (Å²) in [5.41, 5.74) is 3.23. The second-order valence-electron chi connectivity index (χ2n) is 3.91. The molecule has 0 fully saturated rings. The molecule has 0 saturated carbocycles. The van der Waals surface area contributed by atoms with Gasteiger partial charge >= 0.3 is 0 Å². The minimum atomic E-state index is -0.137. The van der Waals surface area contributed by atoms with Crippen molar-refractivity contribution in [2.24, 2.45) is 0 Å². The van der Waals surface area contributed by atoms with Crippen molar-refractivity contribution >= 4 is 28.8 Å². The second kappa shape index (κ2) is 6.04. The fourth-order valence-corrected chi connectivity index (χ4v) is 2.57. The van der Waals surface area contributed by atoms with Crippen LogP contribution in [0.15, 0.2) is 23.7 Å². The van der Waals surface area contributed by atoms with Gasteiger partial charge in [-0.25, -0.2) is 4.98 Å². The summed E-state index contributed by atoms with van der Waals surface area (Å²) in [6, 6.07) is 5.31. The summed E-state index contributed by atoms with van der Waals surface area (Å²) in [5.74, 6) is 0.563. The predicted molar refractivity (Wildman–Crippen MR) is 76.0 cm³/mol. The number of nitrogens with zero attached hydrogens (tertiary/aromatic N) is 1. The molecule has 0 spiro atoms. The number of amides is 1. The van der Waals surface area contributed by atoms with Gasteiger partial charge in [-0.3, -0.25) is 4.79 Å². The molecular weight excluding hydrogens is 284 g/mol. The minimum Gasteiger partial charge on any atom is -0.496 e. The van der Waals surface area contributed by atoms with Crippen molar-refractivity contribution in [1.29, 1.82) is 0 Å². The number of benzene rings is 1. The molecular formula is C13H13ClN2O2S. The molecule has 0 aliphatic rings. The second-order valence-corrected chi connectivity index (χ2v) is 5.20. The molecule has 1 aromatic carbocycles. The lowest BCUT2D eigenvalue weighted by atomic mass is 10.2. The molecule has 1 heterocycles. The fourth-order valence-electron chi connectivity index (χ4n) is 1.66. The number of thiazole rings is 1. The van der Waals surface area contributed by atoms with Crippen molar-refractivity contribution < 1.29 is 9.53 Å². The van der Waals surface area contributed by atoms with E-state index in [2.05, 4.69) is 10.3 Å². The first-order chi connectivity index (χ1) is 9.11. The highest BCUT2D eigenvalue weighted by atomic mass is 35.5. The van der Waals surface area contributed by atoms with E-state index in [-0.39, 0.29) is 5.91 Å². The molecule has 0 aliphatic heterocycles. The zero-order chi connectivity index (χ0) is 13.8. The van der Waals surface area contributed by atoms with Crippen LogP contribution in [0.2, 0.25) is 5.02 Å². The van der Waals surface area contributed by atoms with E-state index in [9.17, 15) is 4.79 Å². The molecule has 0 bridgehead atoms. The molecule has 0 aliphatic carbocycles. The lowest BCUT2D eigenvalue weighted by molar-refractivity contribution is 0.0954. The number of hydrogen-bond acceptors (Lipinski definition) is 4. The standard InChI is InChI=1S/C13H13ClN2O2S/c1-8-12(19-7-16-8)13(17)15-6-9-5-10(14)3-4-11(9)18-2/h3-5,7H,6H2,1-2H3,(H,15,17). The summed E-state index contributed by atoms with van der Waals surface area (Å²) in [6.45, 7) is 2.17. The molecule has 6 heteroatoms. The predicted octanol–water partition coefficient (Wildman–Crippen LogP) is 3.04. The third-order valence-electron chi connectivity index (χ3n) is 2.63. The van der Waals surface area contributed by atoms with Crippen LogP contribution in [-0.2, 0) is 6.54 Å². The van der Waals surface area contributed by atoms with Gasteiger partial charge in [-0.2, -0.15) is 0 Å². The van der Waals surface area contributed by atoms with Gasteiger partial charge in [0, 0.05) is 17.1 Å². The maximum atomic E-state index is 12.0. The molecule has 100 valence electrons. The maximum Gasteiger partial charge on any atom is 0.263 e. The molecule has 0 unspecified atom stereocenters. The lowest BCUT2D eigenvalue weighted by Crippen LogP contribution is -2.22. The Labute approximate surface area is 120 Å². The molecule has 4 nitrogen and oxygen atoms in total. The Balaban J connectivity index is 2.09. The minimum absolute atomic E-state index is 0.137. The zero-order valence-corrected chi connectivity index (χ0v) is 12.1. The highest BCUT2D eigenvalue weighted by Crippen LogP contribution is 2.22. The van der Waals surface area contributed by atoms with Crippen LogP contribution in [0.1, 0.15) is 20.9 Å². The van der Waals surface area contributed by atoms with Gasteiger partial charge in [-0.15, -0.1) is 11.3 Å². The van der Waals surface area contributed by atoms with Crippen molar-refractivity contribution in [2.45, 2.75) is 13.5 Å². The highest BCUT2D eigenvalue weighted by Gasteiger charge is 2.12. The van der Waals surface area contributed by atoms with Gasteiger partial charge in [0.05, 0.1) is 18.3 Å². The van der Waals surface area contributed by atoms with Crippen molar-refractivity contribution in [1.82, 2.24) is 10.3 Å². The summed E-state index contributed by atoms with van der Waals surface area (Å²) >= 11 is 7.26. The molecule has 1 N–H and O–H groups in total. The average molecular weight is 297 g/mol. The molecule has 2 rings (SSSR count). The van der Waals surface area contributed by atoms with Crippen LogP contribution in [0.4, 0.5) is 0 Å². The van der Waals surface area contributed by atoms with Crippen LogP contribution in [0.5, 0.6) is 5.75 Å². The van der Waals surface area contributed by atoms with Gasteiger partial charge in [-0.1, -0.05) is 11.6 Å². The van der Waals surface area contributed by atoms with Crippen LogP contribution in [-0.4, -0.2) is 18.0 Å². The van der Waals surface area contributed by atoms with Crippen LogP contribution in [0.25, 0.3) is 0 Å². The Kier molecular flexibility index (Phi) is 4.39. The summed E-state index contributed by atoms with van der Waals surface area (Å²) in [4.78, 5) is 16.6. The lowest BCUT2D eigenvalue weighted by Gasteiger charge is -2.09. The Hall–Kier alpha value is -1.59. The maximum absolute atomic E-state index is 12.0. The van der Waals surface area contributed by atoms with E-state index in [0.717, 1.165) is 11.3 Å². The summed E-state index contributed by atoms with van der Waals surface area (Å²) in [5, 5.41) is 3.45. The van der Waals surface area contributed by atoms with E-state index in [1.54, 1.807) is 30.8 Å². The monoisotopic (exact) mass is 296 g/mol. The molecule has 0 saturated heterocycles. The molecule has 19 heavy (non-hydrogen) atoms. The fraction of sp³-hybridized carbons (Fsp3) is 0.231.